The molecule has 1 saturated heterocycles. The Kier molecular flexibility index (Phi) is 3.93. The summed E-state index contributed by atoms with van der Waals surface area (Å²) in [5.41, 5.74) is 6.13. The van der Waals surface area contributed by atoms with E-state index in [0.29, 0.717) is 16.5 Å². The van der Waals surface area contributed by atoms with Crippen LogP contribution in [0.2, 0.25) is 0 Å². The molecule has 0 amide bonds. The molecule has 0 aliphatic carbocycles. The van der Waals surface area contributed by atoms with Crippen LogP contribution < -0.4 is 5.73 Å². The Bertz CT molecular complexity index is 450. The van der Waals surface area contributed by atoms with Crippen molar-refractivity contribution in [3.8, 4) is 0 Å². The van der Waals surface area contributed by atoms with Gasteiger partial charge in [-0.1, -0.05) is 0 Å². The third-order valence-corrected chi connectivity index (χ3v) is 3.72. The molecule has 2 rings (SSSR count). The van der Waals surface area contributed by atoms with Gasteiger partial charge in [-0.25, -0.2) is 4.98 Å². The quantitative estimate of drug-likeness (QED) is 0.398. The predicted molar refractivity (Wildman–Crippen MR) is 65.5 cm³/mol. The van der Waals surface area contributed by atoms with Crippen LogP contribution in [-0.2, 0) is 4.74 Å². The first kappa shape index (κ1) is 13.4. The van der Waals surface area contributed by atoms with E-state index in [2.05, 4.69) is 9.98 Å². The summed E-state index contributed by atoms with van der Waals surface area (Å²) in [5.74, 6) is 0.296. The van der Waals surface area contributed by atoms with Gasteiger partial charge in [0.15, 0.2) is 0 Å². The highest BCUT2D eigenvalue weighted by atomic mass is 32.1. The molecule has 0 unspecified atom stereocenters. The maximum absolute atomic E-state index is 9.84. The summed E-state index contributed by atoms with van der Waals surface area (Å²) in [5, 5.41) is 30.7. The minimum Gasteiger partial charge on any atom is -0.394 e. The van der Waals surface area contributed by atoms with Crippen LogP contribution in [0, 0.1) is 0 Å². The van der Waals surface area contributed by atoms with Gasteiger partial charge < -0.3 is 25.8 Å². The van der Waals surface area contributed by atoms with Crippen molar-refractivity contribution >= 4 is 17.2 Å². The molecule has 0 radical (unpaired) electrons. The van der Waals surface area contributed by atoms with Crippen LogP contribution in [0.25, 0.3) is 0 Å². The van der Waals surface area contributed by atoms with Gasteiger partial charge in [-0.05, 0) is 0 Å². The number of rotatable bonds is 3. The maximum Gasteiger partial charge on any atom is 0.145 e. The predicted octanol–water partition coefficient (Wildman–Crippen LogP) is -1.37. The lowest BCUT2D eigenvalue weighted by Crippen LogP contribution is -2.32. The van der Waals surface area contributed by atoms with Crippen LogP contribution in [-0.4, -0.2) is 58.1 Å². The van der Waals surface area contributed by atoms with Crippen LogP contribution in [0.3, 0.4) is 0 Å². The lowest BCUT2D eigenvalue weighted by Gasteiger charge is -2.11. The van der Waals surface area contributed by atoms with Gasteiger partial charge in [-0.3, -0.25) is 4.99 Å². The van der Waals surface area contributed by atoms with E-state index < -0.39 is 24.4 Å². The Balaban J connectivity index is 2.20. The molecule has 1 aromatic rings. The van der Waals surface area contributed by atoms with E-state index in [0.717, 1.165) is 0 Å². The normalized spacial score (nSPS) is 33.0. The van der Waals surface area contributed by atoms with E-state index in [-0.39, 0.29) is 6.61 Å². The van der Waals surface area contributed by atoms with Crippen molar-refractivity contribution in [2.45, 2.75) is 24.4 Å². The molecule has 18 heavy (non-hydrogen) atoms. The first-order valence-corrected chi connectivity index (χ1v) is 6.27. The van der Waals surface area contributed by atoms with Crippen LogP contribution >= 0.6 is 11.3 Å². The summed E-state index contributed by atoms with van der Waals surface area (Å²) in [7, 11) is 1.56. The summed E-state index contributed by atoms with van der Waals surface area (Å²) in [6, 6.07) is 0. The lowest BCUT2D eigenvalue weighted by molar-refractivity contribution is -0.0228. The zero-order chi connectivity index (χ0) is 13.3. The van der Waals surface area contributed by atoms with Crippen molar-refractivity contribution < 1.29 is 20.1 Å². The molecule has 1 aliphatic heterocycles. The zero-order valence-electron chi connectivity index (χ0n) is 9.72. The van der Waals surface area contributed by atoms with Crippen LogP contribution in [0.4, 0.5) is 0 Å². The first-order valence-electron chi connectivity index (χ1n) is 5.39. The lowest BCUT2D eigenvalue weighted by atomic mass is 10.1. The molecule has 8 heteroatoms. The fraction of sp³-hybridized carbons (Fsp3) is 0.600. The Morgan fingerprint density at radius 2 is 2.28 bits per heavy atom. The molecule has 1 aliphatic rings. The van der Waals surface area contributed by atoms with Crippen molar-refractivity contribution in [1.82, 2.24) is 4.98 Å². The smallest absolute Gasteiger partial charge is 0.145 e. The summed E-state index contributed by atoms with van der Waals surface area (Å²) in [4.78, 5) is 8.01. The molecule has 0 bridgehead atoms. The van der Waals surface area contributed by atoms with E-state index in [1.54, 1.807) is 12.4 Å². The van der Waals surface area contributed by atoms with E-state index in [4.69, 9.17) is 15.6 Å². The standard InChI is InChI=1S/C10H15N3O4S/c1-12-9(11)4-3-18-10(13-4)8-7(16)6(15)5(2-14)17-8/h3,5-8,14-16H,2H2,1H3,(H2,11,12)/t5-,6-,7-,8-/m1/s1. The van der Waals surface area contributed by atoms with Crippen LogP contribution in [0.15, 0.2) is 10.4 Å². The van der Waals surface area contributed by atoms with Gasteiger partial charge in [-0.15, -0.1) is 11.3 Å². The average Bonchev–Trinajstić information content (AvgIpc) is 2.96. The highest BCUT2D eigenvalue weighted by molar-refractivity contribution is 7.09. The van der Waals surface area contributed by atoms with Gasteiger partial charge in [0.2, 0.25) is 0 Å². The maximum atomic E-state index is 9.84. The number of nitrogens with two attached hydrogens (primary N) is 1. The highest BCUT2D eigenvalue weighted by Crippen LogP contribution is 2.34. The number of aliphatic hydroxyl groups excluding tert-OH is 3. The van der Waals surface area contributed by atoms with Gasteiger partial charge in [0, 0.05) is 12.4 Å². The molecule has 1 fully saturated rings. The Morgan fingerprint density at radius 3 is 2.83 bits per heavy atom. The van der Waals surface area contributed by atoms with Gasteiger partial charge in [0.25, 0.3) is 0 Å². The van der Waals surface area contributed by atoms with Crippen molar-refractivity contribution in [2.24, 2.45) is 10.7 Å². The molecule has 0 aromatic carbocycles. The molecule has 1 aromatic heterocycles. The molecule has 7 nitrogen and oxygen atoms in total. The second-order valence-corrected chi connectivity index (χ2v) is 4.83. The Hall–Kier alpha value is -1.06. The number of aliphatic hydroxyl groups is 3. The Morgan fingerprint density at radius 1 is 1.56 bits per heavy atom. The van der Waals surface area contributed by atoms with Gasteiger partial charge >= 0.3 is 0 Å². The molecule has 0 spiro atoms. The topological polar surface area (TPSA) is 121 Å². The molecule has 5 N–H and O–H groups in total. The SMILES string of the molecule is CN=C(N)c1csc([C@@H]2O[C@H](CO)[C@@H](O)[C@H]2O)n1. The monoisotopic (exact) mass is 273 g/mol. The fourth-order valence-corrected chi connectivity index (χ4v) is 2.64. The fourth-order valence-electron chi connectivity index (χ4n) is 1.75. The van der Waals surface area contributed by atoms with Gasteiger partial charge in [0.1, 0.15) is 41.0 Å². The van der Waals surface area contributed by atoms with E-state index in [1.165, 1.54) is 11.3 Å². The van der Waals surface area contributed by atoms with Crippen LogP contribution in [0.1, 0.15) is 16.8 Å². The third-order valence-electron chi connectivity index (χ3n) is 2.81. The van der Waals surface area contributed by atoms with E-state index in [1.807, 2.05) is 0 Å². The summed E-state index contributed by atoms with van der Waals surface area (Å²) < 4.78 is 5.37. The van der Waals surface area contributed by atoms with Crippen molar-refractivity contribution in [3.05, 3.63) is 16.1 Å². The number of aromatic nitrogens is 1. The summed E-state index contributed by atoms with van der Waals surface area (Å²) >= 11 is 1.26. The molecule has 2 heterocycles. The number of nitrogens with zero attached hydrogens (tertiary/aromatic N) is 2. The first-order chi connectivity index (χ1) is 8.58. The number of thiazole rings is 1. The molecular formula is C10H15N3O4S. The summed E-state index contributed by atoms with van der Waals surface area (Å²) in [6.45, 7) is -0.356. The molecular weight excluding hydrogens is 258 g/mol. The van der Waals surface area contributed by atoms with Gasteiger partial charge in [-0.2, -0.15) is 0 Å². The average molecular weight is 273 g/mol. The number of amidine groups is 1. The number of hydrogen-bond donors (Lipinski definition) is 4. The number of hydrogen-bond acceptors (Lipinski definition) is 7. The van der Waals surface area contributed by atoms with Gasteiger partial charge in [0.05, 0.1) is 6.61 Å². The van der Waals surface area contributed by atoms with E-state index in [9.17, 15) is 10.2 Å². The van der Waals surface area contributed by atoms with Crippen molar-refractivity contribution in [3.63, 3.8) is 0 Å². The second kappa shape index (κ2) is 5.29. The number of ether oxygens (including phenoxy) is 1. The second-order valence-electron chi connectivity index (χ2n) is 3.94. The highest BCUT2D eigenvalue weighted by Gasteiger charge is 2.44. The molecule has 100 valence electrons. The molecule has 0 saturated carbocycles. The van der Waals surface area contributed by atoms with Crippen molar-refractivity contribution in [2.75, 3.05) is 13.7 Å². The Labute approximate surface area is 108 Å². The largest absolute Gasteiger partial charge is 0.394 e. The summed E-state index contributed by atoms with van der Waals surface area (Å²) in [6.07, 6.45) is -3.78. The van der Waals surface area contributed by atoms with Crippen LogP contribution in [0.5, 0.6) is 0 Å². The third kappa shape index (κ3) is 2.25. The zero-order valence-corrected chi connectivity index (χ0v) is 10.5. The van der Waals surface area contributed by atoms with Crippen molar-refractivity contribution in [1.29, 1.82) is 0 Å². The minimum atomic E-state index is -1.12. The van der Waals surface area contributed by atoms with E-state index >= 15 is 0 Å². The number of aliphatic imine (C=N–C) groups is 1. The minimum absolute atomic E-state index is 0.296. The molecule has 4 atom stereocenters.